The zero-order chi connectivity index (χ0) is 14.8. The van der Waals surface area contributed by atoms with Gasteiger partial charge in [-0.3, -0.25) is 9.59 Å². The van der Waals surface area contributed by atoms with Crippen molar-refractivity contribution in [3.8, 4) is 0 Å². The van der Waals surface area contributed by atoms with E-state index in [0.717, 1.165) is 24.8 Å². The second-order valence-corrected chi connectivity index (χ2v) is 4.88. The number of esters is 1. The maximum Gasteiger partial charge on any atom is 0.309 e. The topological polar surface area (TPSA) is 63.6 Å². The highest BCUT2D eigenvalue weighted by atomic mass is 16.5. The summed E-state index contributed by atoms with van der Waals surface area (Å²) in [4.78, 5) is 22.8. The number of carboxylic acid groups (broad SMARTS) is 1. The number of unbranched alkanes of at least 4 members (excludes halogenated alkanes) is 2. The van der Waals surface area contributed by atoms with Gasteiger partial charge >= 0.3 is 11.9 Å². The van der Waals surface area contributed by atoms with Gasteiger partial charge in [0.1, 0.15) is 6.61 Å². The molecule has 4 heteroatoms. The summed E-state index contributed by atoms with van der Waals surface area (Å²) in [7, 11) is 0. The number of rotatable bonds is 9. The molecule has 0 bridgehead atoms. The van der Waals surface area contributed by atoms with E-state index in [-0.39, 0.29) is 13.0 Å². The predicted molar refractivity (Wildman–Crippen MR) is 76.1 cm³/mol. The van der Waals surface area contributed by atoms with Gasteiger partial charge in [0, 0.05) is 0 Å². The predicted octanol–water partition coefficient (Wildman–Crippen LogP) is 3.40. The maximum atomic E-state index is 12.0. The molecular weight excluding hydrogens is 256 g/mol. The highest BCUT2D eigenvalue weighted by Crippen LogP contribution is 2.17. The van der Waals surface area contributed by atoms with Crippen LogP contribution in [0.4, 0.5) is 0 Å². The van der Waals surface area contributed by atoms with Crippen LogP contribution in [0.3, 0.4) is 0 Å². The van der Waals surface area contributed by atoms with Gasteiger partial charge in [-0.25, -0.2) is 0 Å². The molecule has 0 saturated heterocycles. The molecule has 0 fully saturated rings. The van der Waals surface area contributed by atoms with Crippen LogP contribution in [0.15, 0.2) is 30.3 Å². The van der Waals surface area contributed by atoms with Crippen LogP contribution >= 0.6 is 0 Å². The van der Waals surface area contributed by atoms with Crippen molar-refractivity contribution < 1.29 is 19.4 Å². The van der Waals surface area contributed by atoms with Crippen LogP contribution in [0.2, 0.25) is 0 Å². The quantitative estimate of drug-likeness (QED) is 0.555. The van der Waals surface area contributed by atoms with Crippen molar-refractivity contribution in [2.75, 3.05) is 0 Å². The number of ether oxygens (including phenoxy) is 1. The molecule has 1 atom stereocenters. The minimum atomic E-state index is -0.955. The third-order valence-corrected chi connectivity index (χ3v) is 3.13. The van der Waals surface area contributed by atoms with E-state index in [2.05, 4.69) is 6.92 Å². The summed E-state index contributed by atoms with van der Waals surface area (Å²) in [6.07, 6.45) is 3.32. The number of carbonyl (C=O) groups is 2. The Morgan fingerprint density at radius 1 is 1.20 bits per heavy atom. The first-order valence-electron chi connectivity index (χ1n) is 7.05. The van der Waals surface area contributed by atoms with Gasteiger partial charge in [-0.15, -0.1) is 0 Å². The van der Waals surface area contributed by atoms with Crippen LogP contribution in [0.1, 0.15) is 44.6 Å². The third kappa shape index (κ3) is 6.36. The Balaban J connectivity index is 2.47. The van der Waals surface area contributed by atoms with Gasteiger partial charge in [-0.1, -0.05) is 56.5 Å². The molecule has 4 nitrogen and oxygen atoms in total. The van der Waals surface area contributed by atoms with E-state index in [1.807, 2.05) is 30.3 Å². The molecule has 0 aliphatic carbocycles. The van der Waals surface area contributed by atoms with Crippen LogP contribution in [-0.2, 0) is 20.9 Å². The molecule has 1 N–H and O–H groups in total. The Kier molecular flexibility index (Phi) is 7.40. The Labute approximate surface area is 119 Å². The monoisotopic (exact) mass is 278 g/mol. The lowest BCUT2D eigenvalue weighted by molar-refractivity contribution is -0.154. The zero-order valence-electron chi connectivity index (χ0n) is 11.9. The maximum absolute atomic E-state index is 12.0. The summed E-state index contributed by atoms with van der Waals surface area (Å²) < 4.78 is 5.22. The average Bonchev–Trinajstić information content (AvgIpc) is 2.44. The molecule has 0 heterocycles. The van der Waals surface area contributed by atoms with Crippen LogP contribution in [0, 0.1) is 5.92 Å². The van der Waals surface area contributed by atoms with Crippen molar-refractivity contribution in [2.24, 2.45) is 5.92 Å². The van der Waals surface area contributed by atoms with Crippen LogP contribution in [0.5, 0.6) is 0 Å². The molecule has 20 heavy (non-hydrogen) atoms. The number of benzene rings is 1. The Hall–Kier alpha value is -1.84. The largest absolute Gasteiger partial charge is 0.481 e. The van der Waals surface area contributed by atoms with Crippen molar-refractivity contribution in [1.82, 2.24) is 0 Å². The van der Waals surface area contributed by atoms with Crippen LogP contribution < -0.4 is 0 Å². The second-order valence-electron chi connectivity index (χ2n) is 4.88. The summed E-state index contributed by atoms with van der Waals surface area (Å²) in [5, 5.41) is 8.87. The Morgan fingerprint density at radius 2 is 1.90 bits per heavy atom. The number of hydrogen-bond acceptors (Lipinski definition) is 3. The van der Waals surface area contributed by atoms with E-state index in [1.165, 1.54) is 0 Å². The Bertz CT molecular complexity index is 414. The summed E-state index contributed by atoms with van der Waals surface area (Å²) in [5.74, 6) is -1.90. The summed E-state index contributed by atoms with van der Waals surface area (Å²) >= 11 is 0. The van der Waals surface area contributed by atoms with Crippen molar-refractivity contribution in [3.63, 3.8) is 0 Å². The molecule has 0 aliphatic rings. The zero-order valence-corrected chi connectivity index (χ0v) is 11.9. The number of carbonyl (C=O) groups excluding carboxylic acids is 1. The fraction of sp³-hybridized carbons (Fsp3) is 0.500. The fourth-order valence-corrected chi connectivity index (χ4v) is 2.00. The van der Waals surface area contributed by atoms with E-state index < -0.39 is 17.9 Å². The minimum absolute atomic E-state index is 0.155. The molecule has 1 aromatic rings. The van der Waals surface area contributed by atoms with E-state index in [9.17, 15) is 9.59 Å². The normalized spacial score (nSPS) is 11.8. The molecule has 0 radical (unpaired) electrons. The van der Waals surface area contributed by atoms with Crippen molar-refractivity contribution in [2.45, 2.75) is 45.6 Å². The van der Waals surface area contributed by atoms with E-state index in [4.69, 9.17) is 9.84 Å². The first kappa shape index (κ1) is 16.2. The van der Waals surface area contributed by atoms with Gasteiger partial charge in [0.05, 0.1) is 12.3 Å². The molecule has 110 valence electrons. The van der Waals surface area contributed by atoms with Crippen molar-refractivity contribution in [3.05, 3.63) is 35.9 Å². The van der Waals surface area contributed by atoms with Crippen molar-refractivity contribution >= 4 is 11.9 Å². The van der Waals surface area contributed by atoms with Crippen molar-refractivity contribution in [1.29, 1.82) is 0 Å². The molecule has 0 aromatic heterocycles. The van der Waals surface area contributed by atoms with Gasteiger partial charge in [0.25, 0.3) is 0 Å². The van der Waals surface area contributed by atoms with Gasteiger partial charge < -0.3 is 9.84 Å². The lowest BCUT2D eigenvalue weighted by Gasteiger charge is -2.14. The molecular formula is C16H22O4. The first-order chi connectivity index (χ1) is 9.63. The van der Waals surface area contributed by atoms with E-state index >= 15 is 0 Å². The molecule has 0 aliphatic heterocycles. The van der Waals surface area contributed by atoms with Crippen LogP contribution in [-0.4, -0.2) is 17.0 Å². The summed E-state index contributed by atoms with van der Waals surface area (Å²) in [6, 6.07) is 9.38. The molecule has 0 amide bonds. The highest BCUT2D eigenvalue weighted by molar-refractivity contribution is 5.79. The Morgan fingerprint density at radius 3 is 2.50 bits per heavy atom. The number of carboxylic acids is 1. The van der Waals surface area contributed by atoms with Gasteiger partial charge in [-0.2, -0.15) is 0 Å². The molecule has 1 aromatic carbocycles. The lowest BCUT2D eigenvalue weighted by Crippen LogP contribution is -2.21. The first-order valence-corrected chi connectivity index (χ1v) is 7.05. The summed E-state index contributed by atoms with van der Waals surface area (Å²) in [6.45, 7) is 2.27. The highest BCUT2D eigenvalue weighted by Gasteiger charge is 2.22. The molecule has 0 spiro atoms. The minimum Gasteiger partial charge on any atom is -0.481 e. The molecule has 0 unspecified atom stereocenters. The standard InChI is InChI=1S/C16H22O4/c1-2-3-5-10-14(11-15(17)18)16(19)20-12-13-8-6-4-7-9-13/h4,6-9,14H,2-3,5,10-12H2,1H3,(H,17,18)/t14-/m1/s1. The molecule has 1 rings (SSSR count). The lowest BCUT2D eigenvalue weighted by atomic mass is 9.98. The van der Waals surface area contributed by atoms with Crippen LogP contribution in [0.25, 0.3) is 0 Å². The number of hydrogen-bond donors (Lipinski definition) is 1. The SMILES string of the molecule is CCCCC[C@H](CC(=O)O)C(=O)OCc1ccccc1. The van der Waals surface area contributed by atoms with E-state index in [1.54, 1.807) is 0 Å². The third-order valence-electron chi connectivity index (χ3n) is 3.13. The number of aliphatic carboxylic acids is 1. The van der Waals surface area contributed by atoms with E-state index in [0.29, 0.717) is 6.42 Å². The van der Waals surface area contributed by atoms with Gasteiger partial charge in [0.15, 0.2) is 0 Å². The second kappa shape index (κ2) is 9.13. The fourth-order valence-electron chi connectivity index (χ4n) is 2.00. The van der Waals surface area contributed by atoms with Gasteiger partial charge in [0.2, 0.25) is 0 Å². The average molecular weight is 278 g/mol. The molecule has 0 saturated carbocycles. The summed E-state index contributed by atoms with van der Waals surface area (Å²) in [5.41, 5.74) is 0.906. The smallest absolute Gasteiger partial charge is 0.309 e. The van der Waals surface area contributed by atoms with Gasteiger partial charge in [-0.05, 0) is 12.0 Å².